The van der Waals surface area contributed by atoms with Crippen LogP contribution in [0.1, 0.15) is 15.9 Å². The Morgan fingerprint density at radius 1 is 1.04 bits per heavy atom. The zero-order chi connectivity index (χ0) is 19.4. The largest absolute Gasteiger partial charge is 0.465 e. The van der Waals surface area contributed by atoms with E-state index < -0.39 is 6.09 Å². The van der Waals surface area contributed by atoms with Gasteiger partial charge in [-0.15, -0.1) is 0 Å². The second-order valence-corrected chi connectivity index (χ2v) is 6.98. The predicted octanol–water partition coefficient (Wildman–Crippen LogP) is 3.50. The highest BCUT2D eigenvalue weighted by atomic mass is 79.9. The normalized spacial score (nSPS) is 13.8. The summed E-state index contributed by atoms with van der Waals surface area (Å²) in [6.07, 6.45) is -0.956. The lowest BCUT2D eigenvalue weighted by molar-refractivity contribution is 0.0625. The zero-order valence-corrected chi connectivity index (χ0v) is 15.9. The highest BCUT2D eigenvalue weighted by molar-refractivity contribution is 9.10. The molecule has 1 fully saturated rings. The molecule has 138 valence electrons. The third-order valence-electron chi connectivity index (χ3n) is 4.35. The number of carbonyl (C=O) groups is 2. The maximum atomic E-state index is 12.6. The zero-order valence-electron chi connectivity index (χ0n) is 14.4. The predicted molar refractivity (Wildman–Crippen MR) is 104 cm³/mol. The van der Waals surface area contributed by atoms with Crippen LogP contribution in [0, 0.1) is 11.3 Å². The molecular weight excluding hydrogens is 412 g/mol. The first-order chi connectivity index (χ1) is 13.0. The van der Waals surface area contributed by atoms with E-state index in [1.807, 2.05) is 12.1 Å². The van der Waals surface area contributed by atoms with Gasteiger partial charge >= 0.3 is 6.09 Å². The molecule has 1 saturated heterocycles. The van der Waals surface area contributed by atoms with Gasteiger partial charge in [0, 0.05) is 41.9 Å². The Hall–Kier alpha value is -3.05. The van der Waals surface area contributed by atoms with E-state index in [1.165, 1.54) is 4.90 Å². The first-order valence-electron chi connectivity index (χ1n) is 8.32. The van der Waals surface area contributed by atoms with E-state index in [-0.39, 0.29) is 5.91 Å². The van der Waals surface area contributed by atoms with Crippen LogP contribution >= 0.6 is 15.9 Å². The van der Waals surface area contributed by atoms with Crippen molar-refractivity contribution < 1.29 is 14.7 Å². The first-order valence-corrected chi connectivity index (χ1v) is 9.11. The molecule has 0 atom stereocenters. The van der Waals surface area contributed by atoms with Crippen LogP contribution in [0.2, 0.25) is 0 Å². The Morgan fingerprint density at radius 3 is 2.26 bits per heavy atom. The smallest absolute Gasteiger partial charge is 0.407 e. The molecular formula is C19H17BrN4O3. The van der Waals surface area contributed by atoms with Crippen molar-refractivity contribution in [1.82, 2.24) is 9.80 Å². The topological polar surface area (TPSA) is 96.7 Å². The van der Waals surface area contributed by atoms with Crippen molar-refractivity contribution in [3.63, 3.8) is 0 Å². The molecule has 1 aliphatic rings. The summed E-state index contributed by atoms with van der Waals surface area (Å²) in [5.74, 6) is -0.118. The van der Waals surface area contributed by atoms with Crippen molar-refractivity contribution in [3.05, 3.63) is 58.1 Å². The van der Waals surface area contributed by atoms with E-state index in [0.717, 1.165) is 10.2 Å². The monoisotopic (exact) mass is 428 g/mol. The Morgan fingerprint density at radius 2 is 1.67 bits per heavy atom. The summed E-state index contributed by atoms with van der Waals surface area (Å²) >= 11 is 3.34. The minimum atomic E-state index is -0.956. The second kappa shape index (κ2) is 8.10. The number of anilines is 2. The number of carboxylic acid groups (broad SMARTS) is 1. The molecule has 2 N–H and O–H groups in total. The van der Waals surface area contributed by atoms with Gasteiger partial charge in [0.1, 0.15) is 6.07 Å². The first kappa shape index (κ1) is 18.7. The van der Waals surface area contributed by atoms with E-state index in [1.54, 1.807) is 35.2 Å². The summed E-state index contributed by atoms with van der Waals surface area (Å²) in [6.45, 7) is 1.41. The molecule has 0 spiro atoms. The Balaban J connectivity index is 1.66. The van der Waals surface area contributed by atoms with E-state index in [0.29, 0.717) is 43.0 Å². The van der Waals surface area contributed by atoms with Gasteiger partial charge in [0.25, 0.3) is 5.91 Å². The summed E-state index contributed by atoms with van der Waals surface area (Å²) in [5.41, 5.74) is 2.51. The van der Waals surface area contributed by atoms with Gasteiger partial charge in [0.15, 0.2) is 0 Å². The average molecular weight is 429 g/mol. The Bertz CT molecular complexity index is 900. The highest BCUT2D eigenvalue weighted by Crippen LogP contribution is 2.24. The molecule has 2 aromatic carbocycles. The quantitative estimate of drug-likeness (QED) is 0.779. The molecule has 1 aliphatic heterocycles. The van der Waals surface area contributed by atoms with Crippen LogP contribution in [-0.4, -0.2) is 53.1 Å². The van der Waals surface area contributed by atoms with E-state index in [9.17, 15) is 14.9 Å². The standard InChI is InChI=1S/C19H17BrN4O3/c20-15-3-6-17(14(11-15)12-21)22-16-4-1-13(2-5-16)18(25)23-7-9-24(10-8-23)19(26)27/h1-6,11,22H,7-10H2,(H,26,27). The molecule has 8 heteroatoms. The number of nitriles is 1. The Labute approximate surface area is 164 Å². The molecule has 3 rings (SSSR count). The van der Waals surface area contributed by atoms with Gasteiger partial charge in [-0.2, -0.15) is 5.26 Å². The SMILES string of the molecule is N#Cc1cc(Br)ccc1Nc1ccc(C(=O)N2CCN(C(=O)O)CC2)cc1. The molecule has 0 aromatic heterocycles. The molecule has 2 amide bonds. The summed E-state index contributed by atoms with van der Waals surface area (Å²) in [6, 6.07) is 14.5. The molecule has 1 heterocycles. The van der Waals surface area contributed by atoms with Crippen LogP contribution in [0.25, 0.3) is 0 Å². The minimum absolute atomic E-state index is 0.118. The number of benzene rings is 2. The highest BCUT2D eigenvalue weighted by Gasteiger charge is 2.24. The molecule has 0 aliphatic carbocycles. The summed E-state index contributed by atoms with van der Waals surface area (Å²) < 4.78 is 0.827. The van der Waals surface area contributed by atoms with Gasteiger partial charge in [0.2, 0.25) is 0 Å². The van der Waals surface area contributed by atoms with Crippen LogP contribution < -0.4 is 5.32 Å². The third-order valence-corrected chi connectivity index (χ3v) is 4.84. The fraction of sp³-hybridized carbons (Fsp3) is 0.211. The molecule has 0 radical (unpaired) electrons. The van der Waals surface area contributed by atoms with E-state index in [4.69, 9.17) is 5.11 Å². The van der Waals surface area contributed by atoms with Crippen molar-refractivity contribution in [2.24, 2.45) is 0 Å². The van der Waals surface area contributed by atoms with Crippen LogP contribution in [0.3, 0.4) is 0 Å². The lowest BCUT2D eigenvalue weighted by Crippen LogP contribution is -2.50. The molecule has 0 unspecified atom stereocenters. The summed E-state index contributed by atoms with van der Waals surface area (Å²) in [5, 5.41) is 21.4. The van der Waals surface area contributed by atoms with E-state index in [2.05, 4.69) is 27.3 Å². The average Bonchev–Trinajstić information content (AvgIpc) is 2.69. The number of amides is 2. The maximum Gasteiger partial charge on any atom is 0.407 e. The van der Waals surface area contributed by atoms with Crippen LogP contribution in [0.4, 0.5) is 16.2 Å². The molecule has 7 nitrogen and oxygen atoms in total. The summed E-state index contributed by atoms with van der Waals surface area (Å²) in [7, 11) is 0. The van der Waals surface area contributed by atoms with Crippen molar-refractivity contribution in [2.45, 2.75) is 0 Å². The minimum Gasteiger partial charge on any atom is -0.465 e. The van der Waals surface area contributed by atoms with E-state index >= 15 is 0 Å². The third kappa shape index (κ3) is 4.38. The number of nitrogens with one attached hydrogen (secondary N) is 1. The van der Waals surface area contributed by atoms with Crippen LogP contribution in [-0.2, 0) is 0 Å². The van der Waals surface area contributed by atoms with Gasteiger partial charge in [-0.25, -0.2) is 4.79 Å². The molecule has 27 heavy (non-hydrogen) atoms. The van der Waals surface area contributed by atoms with Gasteiger partial charge in [0.05, 0.1) is 11.3 Å². The van der Waals surface area contributed by atoms with Gasteiger partial charge in [-0.1, -0.05) is 15.9 Å². The van der Waals surface area contributed by atoms with Gasteiger partial charge in [-0.3, -0.25) is 4.79 Å². The number of halogens is 1. The van der Waals surface area contributed by atoms with Crippen molar-refractivity contribution in [2.75, 3.05) is 31.5 Å². The van der Waals surface area contributed by atoms with Gasteiger partial charge in [-0.05, 0) is 42.5 Å². The fourth-order valence-electron chi connectivity index (χ4n) is 2.85. The number of piperazine rings is 1. The lowest BCUT2D eigenvalue weighted by Gasteiger charge is -2.33. The molecule has 0 saturated carbocycles. The Kier molecular flexibility index (Phi) is 5.62. The second-order valence-electron chi connectivity index (χ2n) is 6.07. The lowest BCUT2D eigenvalue weighted by atomic mass is 10.1. The number of nitrogens with zero attached hydrogens (tertiary/aromatic N) is 3. The molecule has 2 aromatic rings. The van der Waals surface area contributed by atoms with Crippen molar-refractivity contribution >= 4 is 39.3 Å². The number of rotatable bonds is 3. The van der Waals surface area contributed by atoms with Crippen LogP contribution in [0.5, 0.6) is 0 Å². The number of carbonyl (C=O) groups excluding carboxylic acids is 1. The maximum absolute atomic E-state index is 12.6. The number of hydrogen-bond acceptors (Lipinski definition) is 4. The fourth-order valence-corrected chi connectivity index (χ4v) is 3.21. The summed E-state index contributed by atoms with van der Waals surface area (Å²) in [4.78, 5) is 26.5. The number of hydrogen-bond donors (Lipinski definition) is 2. The molecule has 0 bridgehead atoms. The van der Waals surface area contributed by atoms with Crippen molar-refractivity contribution in [3.8, 4) is 6.07 Å². The van der Waals surface area contributed by atoms with Crippen molar-refractivity contribution in [1.29, 1.82) is 5.26 Å². The van der Waals surface area contributed by atoms with Crippen LogP contribution in [0.15, 0.2) is 46.9 Å². The van der Waals surface area contributed by atoms with Gasteiger partial charge < -0.3 is 20.2 Å².